The van der Waals surface area contributed by atoms with E-state index in [1.54, 1.807) is 12.1 Å². The highest BCUT2D eigenvalue weighted by molar-refractivity contribution is 9.10. The Morgan fingerprint density at radius 3 is 2.59 bits per heavy atom. The Labute approximate surface area is 108 Å². The van der Waals surface area contributed by atoms with Crippen molar-refractivity contribution in [3.05, 3.63) is 22.2 Å². The molecule has 4 nitrogen and oxygen atoms in total. The molecule has 1 amide bonds. The quantitative estimate of drug-likeness (QED) is 0.928. The third kappa shape index (κ3) is 2.54. The lowest BCUT2D eigenvalue weighted by Gasteiger charge is -2.14. The van der Waals surface area contributed by atoms with Crippen molar-refractivity contribution in [3.63, 3.8) is 0 Å². The molecule has 0 heterocycles. The number of methoxy groups -OCH3 is 2. The van der Waals surface area contributed by atoms with Gasteiger partial charge >= 0.3 is 0 Å². The van der Waals surface area contributed by atoms with Crippen molar-refractivity contribution in [1.29, 1.82) is 0 Å². The topological polar surface area (TPSA) is 47.6 Å². The summed E-state index contributed by atoms with van der Waals surface area (Å²) >= 11 is 3.36. The standard InChI is InChI=1S/C12H14BrNO3/c1-16-9-6-5-8(13)11(17-2)10(9)12(15)14-7-3-4-7/h5-7H,3-4H2,1-2H3,(H,14,15). The zero-order valence-electron chi connectivity index (χ0n) is 9.75. The fourth-order valence-electron chi connectivity index (χ4n) is 1.61. The molecule has 92 valence electrons. The highest BCUT2D eigenvalue weighted by Gasteiger charge is 2.27. The first-order chi connectivity index (χ1) is 8.17. The van der Waals surface area contributed by atoms with Gasteiger partial charge in [0.2, 0.25) is 0 Å². The minimum absolute atomic E-state index is 0.150. The number of amides is 1. The van der Waals surface area contributed by atoms with E-state index in [1.807, 2.05) is 0 Å². The molecule has 1 N–H and O–H groups in total. The van der Waals surface area contributed by atoms with E-state index in [1.165, 1.54) is 14.2 Å². The molecule has 2 rings (SSSR count). The minimum atomic E-state index is -0.150. The number of halogens is 1. The number of hydrogen-bond acceptors (Lipinski definition) is 3. The summed E-state index contributed by atoms with van der Waals surface area (Å²) in [5.74, 6) is 0.869. The average molecular weight is 300 g/mol. The third-order valence-corrected chi connectivity index (χ3v) is 3.26. The van der Waals surface area contributed by atoms with Crippen molar-refractivity contribution >= 4 is 21.8 Å². The maximum absolute atomic E-state index is 12.1. The van der Waals surface area contributed by atoms with Gasteiger partial charge in [-0.2, -0.15) is 0 Å². The first-order valence-electron chi connectivity index (χ1n) is 5.38. The summed E-state index contributed by atoms with van der Waals surface area (Å²) in [4.78, 5) is 12.1. The number of benzene rings is 1. The van der Waals surface area contributed by atoms with Crippen LogP contribution in [0, 0.1) is 0 Å². The zero-order chi connectivity index (χ0) is 12.4. The Bertz CT molecular complexity index is 444. The summed E-state index contributed by atoms with van der Waals surface area (Å²) < 4.78 is 11.2. The van der Waals surface area contributed by atoms with Crippen LogP contribution < -0.4 is 14.8 Å². The Morgan fingerprint density at radius 1 is 1.35 bits per heavy atom. The molecule has 1 aliphatic carbocycles. The van der Waals surface area contributed by atoms with Gasteiger partial charge in [-0.3, -0.25) is 4.79 Å². The summed E-state index contributed by atoms with van der Waals surface area (Å²) in [6, 6.07) is 3.84. The molecular formula is C12H14BrNO3. The summed E-state index contributed by atoms with van der Waals surface area (Å²) in [7, 11) is 3.07. The zero-order valence-corrected chi connectivity index (χ0v) is 11.3. The number of rotatable bonds is 4. The van der Waals surface area contributed by atoms with Gasteiger partial charge in [0.1, 0.15) is 17.1 Å². The van der Waals surface area contributed by atoms with E-state index in [-0.39, 0.29) is 5.91 Å². The molecule has 1 aromatic carbocycles. The monoisotopic (exact) mass is 299 g/mol. The van der Waals surface area contributed by atoms with Gasteiger partial charge in [0.05, 0.1) is 18.7 Å². The number of hydrogen-bond donors (Lipinski definition) is 1. The molecule has 1 fully saturated rings. The number of nitrogens with one attached hydrogen (secondary N) is 1. The maximum Gasteiger partial charge on any atom is 0.259 e. The van der Waals surface area contributed by atoms with Crippen molar-refractivity contribution < 1.29 is 14.3 Å². The lowest BCUT2D eigenvalue weighted by Crippen LogP contribution is -2.26. The molecule has 1 aromatic rings. The van der Waals surface area contributed by atoms with Crippen LogP contribution in [0.25, 0.3) is 0 Å². The van der Waals surface area contributed by atoms with Crippen molar-refractivity contribution in [2.24, 2.45) is 0 Å². The molecule has 0 bridgehead atoms. The first-order valence-corrected chi connectivity index (χ1v) is 6.18. The lowest BCUT2D eigenvalue weighted by molar-refractivity contribution is 0.0944. The Kier molecular flexibility index (Phi) is 3.57. The van der Waals surface area contributed by atoms with E-state index >= 15 is 0 Å². The molecule has 17 heavy (non-hydrogen) atoms. The van der Waals surface area contributed by atoms with Gasteiger partial charge in [-0.25, -0.2) is 0 Å². The van der Waals surface area contributed by atoms with Gasteiger partial charge in [0, 0.05) is 6.04 Å². The van der Waals surface area contributed by atoms with Gasteiger partial charge in [-0.05, 0) is 40.9 Å². The molecule has 0 aliphatic heterocycles. The molecule has 0 unspecified atom stereocenters. The van der Waals surface area contributed by atoms with Crippen LogP contribution >= 0.6 is 15.9 Å². The lowest BCUT2D eigenvalue weighted by atomic mass is 10.1. The second kappa shape index (κ2) is 4.96. The SMILES string of the molecule is COc1ccc(Br)c(OC)c1C(=O)NC1CC1. The Hall–Kier alpha value is -1.23. The van der Waals surface area contributed by atoms with Crippen LogP contribution in [0.3, 0.4) is 0 Å². The summed E-state index contributed by atoms with van der Waals surface area (Å²) in [6.07, 6.45) is 2.09. The predicted octanol–water partition coefficient (Wildman–Crippen LogP) is 2.36. The van der Waals surface area contributed by atoms with Crippen LogP contribution in [0.2, 0.25) is 0 Å². The minimum Gasteiger partial charge on any atom is -0.496 e. The van der Waals surface area contributed by atoms with E-state index in [0.717, 1.165) is 17.3 Å². The van der Waals surface area contributed by atoms with Gasteiger partial charge in [0.25, 0.3) is 5.91 Å². The summed E-state index contributed by atoms with van der Waals surface area (Å²) in [5, 5.41) is 2.93. The Morgan fingerprint density at radius 2 is 2.06 bits per heavy atom. The second-order valence-electron chi connectivity index (χ2n) is 3.91. The molecule has 0 atom stereocenters. The van der Waals surface area contributed by atoms with Crippen LogP contribution in [-0.2, 0) is 0 Å². The fourth-order valence-corrected chi connectivity index (χ4v) is 2.10. The predicted molar refractivity (Wildman–Crippen MR) is 67.7 cm³/mol. The average Bonchev–Trinajstić information content (AvgIpc) is 3.12. The van der Waals surface area contributed by atoms with E-state index < -0.39 is 0 Å². The maximum atomic E-state index is 12.1. The third-order valence-electron chi connectivity index (χ3n) is 2.64. The normalized spacial score (nSPS) is 14.3. The number of ether oxygens (including phenoxy) is 2. The van der Waals surface area contributed by atoms with Gasteiger partial charge in [0.15, 0.2) is 0 Å². The molecule has 0 aromatic heterocycles. The van der Waals surface area contributed by atoms with E-state index in [9.17, 15) is 4.79 Å². The highest BCUT2D eigenvalue weighted by atomic mass is 79.9. The highest BCUT2D eigenvalue weighted by Crippen LogP contribution is 2.36. The van der Waals surface area contributed by atoms with E-state index in [0.29, 0.717) is 23.1 Å². The van der Waals surface area contributed by atoms with Crippen LogP contribution in [-0.4, -0.2) is 26.2 Å². The van der Waals surface area contributed by atoms with Gasteiger partial charge in [-0.15, -0.1) is 0 Å². The molecule has 5 heteroatoms. The van der Waals surface area contributed by atoms with Gasteiger partial charge in [-0.1, -0.05) is 0 Å². The van der Waals surface area contributed by atoms with Crippen molar-refractivity contribution in [1.82, 2.24) is 5.32 Å². The molecule has 0 spiro atoms. The number of carbonyl (C=O) groups excluding carboxylic acids is 1. The summed E-state index contributed by atoms with van der Waals surface area (Å²) in [6.45, 7) is 0. The number of carbonyl (C=O) groups is 1. The molecule has 1 saturated carbocycles. The van der Waals surface area contributed by atoms with Crippen molar-refractivity contribution in [2.45, 2.75) is 18.9 Å². The smallest absolute Gasteiger partial charge is 0.259 e. The van der Waals surface area contributed by atoms with Gasteiger partial charge < -0.3 is 14.8 Å². The van der Waals surface area contributed by atoms with Crippen LogP contribution in [0.1, 0.15) is 23.2 Å². The van der Waals surface area contributed by atoms with Crippen molar-refractivity contribution in [3.8, 4) is 11.5 Å². The molecular weight excluding hydrogens is 286 g/mol. The van der Waals surface area contributed by atoms with Crippen LogP contribution in [0.15, 0.2) is 16.6 Å². The molecule has 0 radical (unpaired) electrons. The largest absolute Gasteiger partial charge is 0.496 e. The fraction of sp³-hybridized carbons (Fsp3) is 0.417. The van der Waals surface area contributed by atoms with E-state index in [4.69, 9.17) is 9.47 Å². The first kappa shape index (κ1) is 12.2. The van der Waals surface area contributed by atoms with Crippen molar-refractivity contribution in [2.75, 3.05) is 14.2 Å². The molecule has 0 saturated heterocycles. The summed E-state index contributed by atoms with van der Waals surface area (Å²) in [5.41, 5.74) is 0.441. The Balaban J connectivity index is 2.39. The van der Waals surface area contributed by atoms with E-state index in [2.05, 4.69) is 21.2 Å². The van der Waals surface area contributed by atoms with Crippen LogP contribution in [0.5, 0.6) is 11.5 Å². The molecule has 1 aliphatic rings. The van der Waals surface area contributed by atoms with Crippen LogP contribution in [0.4, 0.5) is 0 Å². The second-order valence-corrected chi connectivity index (χ2v) is 4.76.